The monoisotopic (exact) mass is 246 g/mol. The molecule has 2 N–H and O–H groups in total. The average Bonchev–Trinajstić information content (AvgIpc) is 2.27. The first-order valence-corrected chi connectivity index (χ1v) is 5.89. The van der Waals surface area contributed by atoms with Crippen LogP contribution in [-0.2, 0) is 4.79 Å². The molecule has 1 atom stereocenters. The van der Waals surface area contributed by atoms with E-state index in [0.29, 0.717) is 17.7 Å². The number of carboxylic acids is 1. The minimum Gasteiger partial charge on any atom is -0.480 e. The van der Waals surface area contributed by atoms with Gasteiger partial charge in [-0.25, -0.2) is 4.79 Å². The number of carboxylic acid groups (broad SMARTS) is 1. The first kappa shape index (κ1) is 14.0. The molecule has 0 fully saturated rings. The van der Waals surface area contributed by atoms with Crippen LogP contribution in [0, 0.1) is 17.2 Å². The van der Waals surface area contributed by atoms with E-state index in [4.69, 9.17) is 5.26 Å². The number of aliphatic carboxylic acids is 1. The van der Waals surface area contributed by atoms with Crippen molar-refractivity contribution in [1.82, 2.24) is 0 Å². The second-order valence-corrected chi connectivity index (χ2v) is 5.05. The highest BCUT2D eigenvalue weighted by molar-refractivity contribution is 5.82. The van der Waals surface area contributed by atoms with Crippen LogP contribution in [0.4, 0.5) is 5.69 Å². The van der Waals surface area contributed by atoms with Gasteiger partial charge >= 0.3 is 5.97 Å². The Balaban J connectivity index is 2.97. The molecule has 0 aliphatic rings. The third-order valence-electron chi connectivity index (χ3n) is 2.70. The molecule has 1 aromatic rings. The lowest BCUT2D eigenvalue weighted by atomic mass is 9.90. The maximum Gasteiger partial charge on any atom is 0.329 e. The number of rotatable bonds is 5. The van der Waals surface area contributed by atoms with Gasteiger partial charge in [0.25, 0.3) is 0 Å². The number of anilines is 1. The molecule has 18 heavy (non-hydrogen) atoms. The van der Waals surface area contributed by atoms with Gasteiger partial charge in [0.1, 0.15) is 5.54 Å². The predicted octanol–water partition coefficient (Wildman–Crippen LogP) is 2.86. The maximum atomic E-state index is 11.4. The molecule has 0 bridgehead atoms. The van der Waals surface area contributed by atoms with Crippen molar-refractivity contribution in [2.75, 3.05) is 5.32 Å². The van der Waals surface area contributed by atoms with Crippen LogP contribution >= 0.6 is 0 Å². The smallest absolute Gasteiger partial charge is 0.329 e. The van der Waals surface area contributed by atoms with Crippen molar-refractivity contribution in [1.29, 1.82) is 5.26 Å². The molecule has 0 saturated heterocycles. The summed E-state index contributed by atoms with van der Waals surface area (Å²) in [5, 5.41) is 21.2. The Morgan fingerprint density at radius 2 is 2.22 bits per heavy atom. The van der Waals surface area contributed by atoms with Crippen LogP contribution in [0.3, 0.4) is 0 Å². The molecule has 0 radical (unpaired) electrons. The first-order chi connectivity index (χ1) is 8.37. The molecule has 1 rings (SSSR count). The summed E-state index contributed by atoms with van der Waals surface area (Å²) in [5.41, 5.74) is 0.138. The topological polar surface area (TPSA) is 73.1 Å². The molecule has 0 amide bonds. The van der Waals surface area contributed by atoms with Gasteiger partial charge in [-0.1, -0.05) is 19.9 Å². The zero-order valence-electron chi connectivity index (χ0n) is 10.9. The highest BCUT2D eigenvalue weighted by atomic mass is 16.4. The fourth-order valence-corrected chi connectivity index (χ4v) is 1.99. The van der Waals surface area contributed by atoms with Gasteiger partial charge in [0.15, 0.2) is 0 Å². The van der Waals surface area contributed by atoms with E-state index in [0.717, 1.165) is 0 Å². The van der Waals surface area contributed by atoms with Gasteiger partial charge in [0.05, 0.1) is 11.6 Å². The fraction of sp³-hybridized carbons (Fsp3) is 0.429. The highest BCUT2D eigenvalue weighted by Crippen LogP contribution is 2.23. The first-order valence-electron chi connectivity index (χ1n) is 5.89. The Kier molecular flexibility index (Phi) is 4.33. The summed E-state index contributed by atoms with van der Waals surface area (Å²) in [6.45, 7) is 5.62. The summed E-state index contributed by atoms with van der Waals surface area (Å²) in [4.78, 5) is 11.4. The molecule has 4 heteroatoms. The second kappa shape index (κ2) is 5.54. The summed E-state index contributed by atoms with van der Waals surface area (Å²) in [6.07, 6.45) is 0.513. The van der Waals surface area contributed by atoms with Gasteiger partial charge in [-0.2, -0.15) is 5.26 Å². The molecule has 1 unspecified atom stereocenters. The highest BCUT2D eigenvalue weighted by Gasteiger charge is 2.33. The van der Waals surface area contributed by atoms with E-state index in [9.17, 15) is 9.90 Å². The predicted molar refractivity (Wildman–Crippen MR) is 70.3 cm³/mol. The van der Waals surface area contributed by atoms with Crippen molar-refractivity contribution in [3.05, 3.63) is 29.8 Å². The number of hydrogen-bond acceptors (Lipinski definition) is 3. The van der Waals surface area contributed by atoms with Gasteiger partial charge in [-0.05, 0) is 37.5 Å². The normalized spacial score (nSPS) is 13.7. The molecular weight excluding hydrogens is 228 g/mol. The van der Waals surface area contributed by atoms with E-state index in [2.05, 4.69) is 5.32 Å². The zero-order valence-corrected chi connectivity index (χ0v) is 10.9. The number of nitrogens with zero attached hydrogens (tertiary/aromatic N) is 1. The van der Waals surface area contributed by atoms with Crippen molar-refractivity contribution in [2.24, 2.45) is 5.92 Å². The number of hydrogen-bond donors (Lipinski definition) is 2. The molecular formula is C14H18N2O2. The lowest BCUT2D eigenvalue weighted by Gasteiger charge is -2.29. The van der Waals surface area contributed by atoms with Crippen molar-refractivity contribution in [2.45, 2.75) is 32.7 Å². The van der Waals surface area contributed by atoms with E-state index >= 15 is 0 Å². The Morgan fingerprint density at radius 3 is 2.72 bits per heavy atom. The zero-order chi connectivity index (χ0) is 13.8. The Morgan fingerprint density at radius 1 is 1.56 bits per heavy atom. The van der Waals surface area contributed by atoms with Crippen molar-refractivity contribution < 1.29 is 9.90 Å². The second-order valence-electron chi connectivity index (χ2n) is 5.05. The molecule has 0 aromatic heterocycles. The largest absolute Gasteiger partial charge is 0.480 e. The molecule has 0 heterocycles. The molecule has 0 saturated carbocycles. The summed E-state index contributed by atoms with van der Waals surface area (Å²) >= 11 is 0. The molecule has 1 aromatic carbocycles. The minimum absolute atomic E-state index is 0.262. The van der Waals surface area contributed by atoms with E-state index in [-0.39, 0.29) is 5.92 Å². The van der Waals surface area contributed by atoms with Gasteiger partial charge in [-0.3, -0.25) is 0 Å². The van der Waals surface area contributed by atoms with Crippen LogP contribution < -0.4 is 5.32 Å². The van der Waals surface area contributed by atoms with E-state index in [1.165, 1.54) is 0 Å². The summed E-state index contributed by atoms with van der Waals surface area (Å²) in [5.74, 6) is -0.628. The van der Waals surface area contributed by atoms with Crippen LogP contribution in [0.15, 0.2) is 24.3 Å². The van der Waals surface area contributed by atoms with Crippen molar-refractivity contribution in [3.8, 4) is 6.07 Å². The van der Waals surface area contributed by atoms with E-state index < -0.39 is 11.5 Å². The van der Waals surface area contributed by atoms with Crippen molar-refractivity contribution >= 4 is 11.7 Å². The van der Waals surface area contributed by atoms with Crippen LogP contribution in [0.5, 0.6) is 0 Å². The number of benzene rings is 1. The molecule has 0 aliphatic carbocycles. The fourth-order valence-electron chi connectivity index (χ4n) is 1.99. The molecule has 0 aliphatic heterocycles. The van der Waals surface area contributed by atoms with Gasteiger partial charge < -0.3 is 10.4 Å². The van der Waals surface area contributed by atoms with Crippen LogP contribution in [0.25, 0.3) is 0 Å². The average molecular weight is 246 g/mol. The third-order valence-corrected chi connectivity index (χ3v) is 2.70. The number of nitrogens with one attached hydrogen (secondary N) is 1. The Hall–Kier alpha value is -2.02. The minimum atomic E-state index is -1.03. The molecule has 0 spiro atoms. The summed E-state index contributed by atoms with van der Waals surface area (Å²) in [6, 6.07) is 8.88. The van der Waals surface area contributed by atoms with Crippen LogP contribution in [0.1, 0.15) is 32.8 Å². The Bertz CT molecular complexity index is 477. The van der Waals surface area contributed by atoms with Gasteiger partial charge in [0.2, 0.25) is 0 Å². The number of nitriles is 1. The number of carbonyl (C=O) groups is 1. The summed E-state index contributed by atoms with van der Waals surface area (Å²) in [7, 11) is 0. The third kappa shape index (κ3) is 3.49. The quantitative estimate of drug-likeness (QED) is 0.837. The standard InChI is InChI=1S/C14H18N2O2/c1-10(2)8-14(3,13(17)18)16-12-6-4-5-11(7-12)9-15/h4-7,10,16H,8H2,1-3H3,(H,17,18). The SMILES string of the molecule is CC(C)CC(C)(Nc1cccc(C#N)c1)C(=O)O. The van der Waals surface area contributed by atoms with Crippen LogP contribution in [-0.4, -0.2) is 16.6 Å². The Labute approximate surface area is 107 Å². The van der Waals surface area contributed by atoms with Crippen LogP contribution in [0.2, 0.25) is 0 Å². The van der Waals surface area contributed by atoms with E-state index in [1.54, 1.807) is 31.2 Å². The lowest BCUT2D eigenvalue weighted by molar-refractivity contribution is -0.142. The van der Waals surface area contributed by atoms with Gasteiger partial charge in [-0.15, -0.1) is 0 Å². The van der Waals surface area contributed by atoms with Gasteiger partial charge in [0, 0.05) is 5.69 Å². The maximum absolute atomic E-state index is 11.4. The summed E-state index contributed by atoms with van der Waals surface area (Å²) < 4.78 is 0. The van der Waals surface area contributed by atoms with E-state index in [1.807, 2.05) is 19.9 Å². The molecule has 96 valence electrons. The lowest BCUT2D eigenvalue weighted by Crippen LogP contribution is -2.44. The molecule has 4 nitrogen and oxygen atoms in total. The van der Waals surface area contributed by atoms with Crippen molar-refractivity contribution in [3.63, 3.8) is 0 Å².